The van der Waals surface area contributed by atoms with Crippen molar-refractivity contribution in [2.75, 3.05) is 18.5 Å². The molecule has 0 atom stereocenters. The van der Waals surface area contributed by atoms with Crippen LogP contribution in [0.3, 0.4) is 0 Å². The van der Waals surface area contributed by atoms with Crippen molar-refractivity contribution >= 4 is 33.1 Å². The highest BCUT2D eigenvalue weighted by Crippen LogP contribution is 2.41. The summed E-state index contributed by atoms with van der Waals surface area (Å²) in [5.41, 5.74) is 3.25. The van der Waals surface area contributed by atoms with Gasteiger partial charge in [-0.2, -0.15) is 0 Å². The second-order valence-corrected chi connectivity index (χ2v) is 7.49. The minimum Gasteiger partial charge on any atom is -0.486 e. The van der Waals surface area contributed by atoms with Gasteiger partial charge in [0, 0.05) is 22.2 Å². The molecule has 0 saturated carbocycles. The summed E-state index contributed by atoms with van der Waals surface area (Å²) in [5, 5.41) is 4.48. The molecule has 0 spiro atoms. The van der Waals surface area contributed by atoms with Gasteiger partial charge in [-0.25, -0.2) is 9.97 Å². The van der Waals surface area contributed by atoms with Crippen LogP contribution in [0.5, 0.6) is 11.5 Å². The van der Waals surface area contributed by atoms with Gasteiger partial charge in [0.05, 0.1) is 5.39 Å². The smallest absolute Gasteiger partial charge is 0.163 e. The predicted molar refractivity (Wildman–Crippen MR) is 108 cm³/mol. The molecule has 3 heterocycles. The van der Waals surface area contributed by atoms with E-state index in [9.17, 15) is 0 Å². The average molecular weight is 375 g/mol. The van der Waals surface area contributed by atoms with Crippen LogP contribution in [0.2, 0.25) is 0 Å². The van der Waals surface area contributed by atoms with E-state index in [-0.39, 0.29) is 0 Å². The Labute approximate surface area is 160 Å². The summed E-state index contributed by atoms with van der Waals surface area (Å²) in [6.45, 7) is 3.28. The Balaban J connectivity index is 1.62. The Kier molecular flexibility index (Phi) is 3.90. The molecule has 1 N–H and O–H groups in total. The zero-order chi connectivity index (χ0) is 18.2. The third-order valence-corrected chi connectivity index (χ3v) is 5.54. The molecule has 27 heavy (non-hydrogen) atoms. The summed E-state index contributed by atoms with van der Waals surface area (Å²) >= 11 is 1.69. The maximum Gasteiger partial charge on any atom is 0.163 e. The van der Waals surface area contributed by atoms with E-state index in [1.165, 1.54) is 16.0 Å². The van der Waals surface area contributed by atoms with Gasteiger partial charge in [0.2, 0.25) is 0 Å². The number of aromatic nitrogens is 2. The number of hydrogen-bond acceptors (Lipinski definition) is 6. The maximum atomic E-state index is 5.69. The first kappa shape index (κ1) is 16.1. The first-order valence-electron chi connectivity index (χ1n) is 8.76. The van der Waals surface area contributed by atoms with Crippen molar-refractivity contribution in [1.29, 1.82) is 0 Å². The number of benzene rings is 2. The molecule has 0 aliphatic carbocycles. The standard InChI is InChI=1S/C21H17N3O2S/c1-13-18(14-5-3-2-4-6-14)19-20(22-12-23-21(19)27-13)24-15-7-8-16-17(11-15)26-10-9-25-16/h2-8,11-12H,9-10H2,1H3,(H,22,23,24). The number of anilines is 2. The zero-order valence-electron chi connectivity index (χ0n) is 14.7. The third kappa shape index (κ3) is 2.88. The van der Waals surface area contributed by atoms with Gasteiger partial charge in [-0.15, -0.1) is 11.3 Å². The topological polar surface area (TPSA) is 56.3 Å². The van der Waals surface area contributed by atoms with E-state index in [0.29, 0.717) is 13.2 Å². The van der Waals surface area contributed by atoms with Crippen molar-refractivity contribution in [3.05, 3.63) is 59.7 Å². The molecule has 0 saturated heterocycles. The molecule has 0 unspecified atom stereocenters. The van der Waals surface area contributed by atoms with E-state index >= 15 is 0 Å². The number of aryl methyl sites for hydroxylation is 1. The van der Waals surface area contributed by atoms with E-state index in [4.69, 9.17) is 9.47 Å². The quantitative estimate of drug-likeness (QED) is 0.535. The maximum absolute atomic E-state index is 5.69. The van der Waals surface area contributed by atoms with Crippen LogP contribution in [0, 0.1) is 6.92 Å². The van der Waals surface area contributed by atoms with Crippen LogP contribution in [0.1, 0.15) is 4.88 Å². The lowest BCUT2D eigenvalue weighted by molar-refractivity contribution is 0.171. The van der Waals surface area contributed by atoms with Crippen LogP contribution in [0.15, 0.2) is 54.9 Å². The number of rotatable bonds is 3. The summed E-state index contributed by atoms with van der Waals surface area (Å²) in [7, 11) is 0. The van der Waals surface area contributed by atoms with Gasteiger partial charge in [0.1, 0.15) is 30.2 Å². The first-order valence-corrected chi connectivity index (χ1v) is 9.57. The number of hydrogen-bond donors (Lipinski definition) is 1. The van der Waals surface area contributed by atoms with Gasteiger partial charge in [-0.1, -0.05) is 30.3 Å². The Morgan fingerprint density at radius 1 is 0.963 bits per heavy atom. The number of fused-ring (bicyclic) bond motifs is 2. The molecule has 1 aliphatic rings. The second-order valence-electron chi connectivity index (χ2n) is 6.29. The van der Waals surface area contributed by atoms with Crippen molar-refractivity contribution in [2.24, 2.45) is 0 Å². The van der Waals surface area contributed by atoms with Crippen LogP contribution in [-0.2, 0) is 0 Å². The molecular weight excluding hydrogens is 358 g/mol. The summed E-state index contributed by atoms with van der Waals surface area (Å²) < 4.78 is 11.3. The largest absolute Gasteiger partial charge is 0.486 e. The van der Waals surface area contributed by atoms with Crippen molar-refractivity contribution in [2.45, 2.75) is 6.92 Å². The normalized spacial score (nSPS) is 12.9. The van der Waals surface area contributed by atoms with Crippen molar-refractivity contribution < 1.29 is 9.47 Å². The van der Waals surface area contributed by atoms with Gasteiger partial charge in [-0.3, -0.25) is 0 Å². The highest BCUT2D eigenvalue weighted by atomic mass is 32.1. The van der Waals surface area contributed by atoms with E-state index in [1.807, 2.05) is 24.3 Å². The van der Waals surface area contributed by atoms with Gasteiger partial charge in [-0.05, 0) is 24.6 Å². The molecule has 0 fully saturated rings. The lowest BCUT2D eigenvalue weighted by Gasteiger charge is -2.19. The van der Waals surface area contributed by atoms with Crippen LogP contribution in [-0.4, -0.2) is 23.2 Å². The Bertz CT molecular complexity index is 1130. The SMILES string of the molecule is Cc1sc2ncnc(Nc3ccc4c(c3)OCCO4)c2c1-c1ccccc1. The first-order chi connectivity index (χ1) is 13.3. The van der Waals surface area contributed by atoms with Gasteiger partial charge in [0.25, 0.3) is 0 Å². The molecule has 5 rings (SSSR count). The second kappa shape index (κ2) is 6.55. The molecular formula is C21H17N3O2S. The van der Waals surface area contributed by atoms with Gasteiger partial charge < -0.3 is 14.8 Å². The van der Waals surface area contributed by atoms with Crippen LogP contribution < -0.4 is 14.8 Å². The van der Waals surface area contributed by atoms with Crippen molar-refractivity contribution in [3.63, 3.8) is 0 Å². The van der Waals surface area contributed by atoms with Crippen LogP contribution in [0.4, 0.5) is 11.5 Å². The molecule has 1 aliphatic heterocycles. The van der Waals surface area contributed by atoms with E-state index in [1.54, 1.807) is 17.7 Å². The molecule has 134 valence electrons. The number of thiophene rings is 1. The summed E-state index contributed by atoms with van der Waals surface area (Å²) in [6.07, 6.45) is 1.60. The zero-order valence-corrected chi connectivity index (χ0v) is 15.5. The molecule has 2 aromatic heterocycles. The fourth-order valence-electron chi connectivity index (χ4n) is 3.35. The van der Waals surface area contributed by atoms with E-state index in [2.05, 4.69) is 46.5 Å². The Morgan fingerprint density at radius 3 is 2.63 bits per heavy atom. The Morgan fingerprint density at radius 2 is 1.78 bits per heavy atom. The van der Waals surface area contributed by atoms with Crippen LogP contribution >= 0.6 is 11.3 Å². The molecule has 6 heteroatoms. The molecule has 4 aromatic rings. The minimum atomic E-state index is 0.566. The highest BCUT2D eigenvalue weighted by molar-refractivity contribution is 7.19. The van der Waals surface area contributed by atoms with Gasteiger partial charge in [0.15, 0.2) is 11.5 Å². The summed E-state index contributed by atoms with van der Waals surface area (Å²) in [5.74, 6) is 2.32. The average Bonchev–Trinajstić information content (AvgIpc) is 3.05. The number of nitrogens with one attached hydrogen (secondary N) is 1. The molecule has 0 amide bonds. The lowest BCUT2D eigenvalue weighted by atomic mass is 10.0. The third-order valence-electron chi connectivity index (χ3n) is 4.53. The lowest BCUT2D eigenvalue weighted by Crippen LogP contribution is -2.15. The predicted octanol–water partition coefficient (Wildman–Crippen LogP) is 5.18. The van der Waals surface area contributed by atoms with Crippen molar-refractivity contribution in [3.8, 4) is 22.6 Å². The highest BCUT2D eigenvalue weighted by Gasteiger charge is 2.18. The van der Waals surface area contributed by atoms with Gasteiger partial charge >= 0.3 is 0 Å². The molecule has 0 bridgehead atoms. The number of nitrogens with zero attached hydrogens (tertiary/aromatic N) is 2. The number of ether oxygens (including phenoxy) is 2. The Hall–Kier alpha value is -3.12. The fourth-order valence-corrected chi connectivity index (χ4v) is 4.36. The summed E-state index contributed by atoms with van der Waals surface area (Å²) in [4.78, 5) is 11.2. The molecule has 2 aromatic carbocycles. The van der Waals surface area contributed by atoms with Crippen LogP contribution in [0.25, 0.3) is 21.3 Å². The monoisotopic (exact) mass is 375 g/mol. The molecule has 0 radical (unpaired) electrons. The fraction of sp³-hybridized carbons (Fsp3) is 0.143. The van der Waals surface area contributed by atoms with E-state index in [0.717, 1.165) is 33.2 Å². The van der Waals surface area contributed by atoms with Crippen molar-refractivity contribution in [1.82, 2.24) is 9.97 Å². The minimum absolute atomic E-state index is 0.566. The molecule has 5 nitrogen and oxygen atoms in total. The van der Waals surface area contributed by atoms with E-state index < -0.39 is 0 Å². The summed E-state index contributed by atoms with van der Waals surface area (Å²) in [6, 6.07) is 16.2.